The van der Waals surface area contributed by atoms with E-state index in [1.54, 1.807) is 61.6 Å². The topological polar surface area (TPSA) is 332 Å². The van der Waals surface area contributed by atoms with Gasteiger partial charge in [0, 0.05) is 38.0 Å². The molecule has 1 amide bonds. The quantitative estimate of drug-likeness (QED) is 0.155. The maximum atomic E-state index is 14.0. The lowest BCUT2D eigenvalue weighted by Crippen LogP contribution is -2.60. The van der Waals surface area contributed by atoms with Crippen LogP contribution in [0.25, 0.3) is 0 Å². The molecule has 19 heteroatoms. The molecule has 0 radical (unpaired) electrons. The molecule has 2 bridgehead atoms. The third kappa shape index (κ3) is 22.1. The van der Waals surface area contributed by atoms with Crippen LogP contribution in [0.5, 0.6) is 0 Å². The lowest BCUT2D eigenvalue weighted by atomic mass is 9.82. The highest BCUT2D eigenvalue weighted by atomic mass is 16.7. The highest BCUT2D eigenvalue weighted by Crippen LogP contribution is 2.38. The van der Waals surface area contributed by atoms with Gasteiger partial charge < -0.3 is 86.2 Å². The van der Waals surface area contributed by atoms with Crippen molar-refractivity contribution < 1.29 is 84.7 Å². The summed E-state index contributed by atoms with van der Waals surface area (Å²) >= 11 is 0. The molecule has 18 atom stereocenters. The first-order chi connectivity index (χ1) is 33.1. The van der Waals surface area contributed by atoms with E-state index in [0.29, 0.717) is 6.42 Å². The van der Waals surface area contributed by atoms with Crippen LogP contribution < -0.4 is 11.1 Å². The Labute approximate surface area is 412 Å². The third-order valence-electron chi connectivity index (χ3n) is 12.4. The van der Waals surface area contributed by atoms with Gasteiger partial charge in [-0.2, -0.15) is 0 Å². The molecule has 7 unspecified atom stereocenters. The van der Waals surface area contributed by atoms with Gasteiger partial charge >= 0.3 is 5.97 Å². The van der Waals surface area contributed by atoms with Gasteiger partial charge in [-0.3, -0.25) is 9.59 Å². The molecular formula is C51H82N2O17. The van der Waals surface area contributed by atoms with E-state index in [9.17, 15) is 65.8 Å². The number of hydrogen-bond donors (Lipinski definition) is 13. The summed E-state index contributed by atoms with van der Waals surface area (Å²) < 4.78 is 23.3. The summed E-state index contributed by atoms with van der Waals surface area (Å²) in [6.45, 7) is 6.61. The molecule has 0 aromatic rings. The van der Waals surface area contributed by atoms with Crippen molar-refractivity contribution in [1.82, 2.24) is 5.32 Å². The first-order valence-corrected chi connectivity index (χ1v) is 24.5. The molecule has 3 aliphatic heterocycles. The normalized spacial score (nSPS) is 41.5. The number of rotatable bonds is 7. The molecular weight excluding hydrogens is 913 g/mol. The Bertz CT molecular complexity index is 1750. The van der Waals surface area contributed by atoms with Crippen molar-refractivity contribution in [3.63, 3.8) is 0 Å². The molecule has 3 aliphatic rings. The number of nitrogens with two attached hydrogens (primary N) is 1. The molecule has 0 spiro atoms. The van der Waals surface area contributed by atoms with E-state index in [1.165, 1.54) is 0 Å². The van der Waals surface area contributed by atoms with Crippen molar-refractivity contribution in [3.8, 4) is 0 Å². The van der Waals surface area contributed by atoms with Crippen molar-refractivity contribution >= 4 is 11.9 Å². The van der Waals surface area contributed by atoms with Crippen molar-refractivity contribution in [2.24, 2.45) is 23.5 Å². The van der Waals surface area contributed by atoms with Crippen molar-refractivity contribution in [1.29, 1.82) is 0 Å². The molecule has 70 heavy (non-hydrogen) atoms. The van der Waals surface area contributed by atoms with Gasteiger partial charge in [-0.15, -0.1) is 0 Å². The fourth-order valence-electron chi connectivity index (χ4n) is 8.56. The molecule has 0 aromatic carbocycles. The molecule has 3 rings (SSSR count). The van der Waals surface area contributed by atoms with E-state index in [1.807, 2.05) is 51.2 Å². The molecule has 19 nitrogen and oxygen atoms in total. The molecule has 0 aromatic heterocycles. The average Bonchev–Trinajstić information content (AvgIpc) is 3.26. The Morgan fingerprint density at radius 2 is 1.34 bits per heavy atom. The second-order valence-corrected chi connectivity index (χ2v) is 19.4. The zero-order valence-electron chi connectivity index (χ0n) is 40.9. The van der Waals surface area contributed by atoms with Crippen LogP contribution in [0.2, 0.25) is 0 Å². The summed E-state index contributed by atoms with van der Waals surface area (Å²) in [4.78, 5) is 26.5. The molecule has 3 heterocycles. The zero-order chi connectivity index (χ0) is 52.0. The SMILES string of the molecule is CC(C)CC(CO)NC(=O)[C@H]1[C@@H]2CC(O[C@@H]3OC[C@@H](O)[C@H](N)[C@@H]3O)/C=C/C=C/C=C/C=C/C=C/C=C/C=C/[C@H](C)[C@@H](O)C[C@H](C)OC(=O)CC(O)CC(O)CC[C@@H](O)C(O)CC(O)CC(O)(C[C@@H]1O)O2. The fraction of sp³-hybridized carbons (Fsp3) is 0.686. The first-order valence-electron chi connectivity index (χ1n) is 24.5. The predicted octanol–water partition coefficient (Wildman–Crippen LogP) is 0.516. The number of carbonyl (C=O) groups excluding carboxylic acids is 2. The maximum Gasteiger partial charge on any atom is 0.308 e. The number of aliphatic hydroxyl groups is 11. The van der Waals surface area contributed by atoms with Gasteiger partial charge in [-0.25, -0.2) is 0 Å². The van der Waals surface area contributed by atoms with Crippen LogP contribution in [-0.4, -0.2) is 179 Å². The standard InChI is InChI=1S/C51H82N2O17/c1-31(2)21-34(29-54)53-49(65)46-42(61)28-51(66)27-37(57)24-41(60)39(58)20-19-35(55)23-36(56)25-45(63)68-33(4)22-40(59)32(3)17-15-13-11-9-7-5-6-8-10-12-14-16-18-38(26-44(46)70-51)69-50-48(64)47(52)43(62)30-67-50/h5-18,31-44,46-48,50,54-62,64,66H,19-30,52H2,1-4H3,(H,53,65)/b6-5+,9-7+,10-8+,13-11+,14-12+,17-15+,18-16+/t32-,33-,34?,35?,36?,37?,38?,39+,40-,41?,42-,43+,44-,46+,47-,48-,50-,51?/m0/s1. The Kier molecular flexibility index (Phi) is 27.1. The van der Waals surface area contributed by atoms with Crippen molar-refractivity contribution in [2.75, 3.05) is 13.2 Å². The summed E-state index contributed by atoms with van der Waals surface area (Å²) in [7, 11) is 0. The second kappa shape index (κ2) is 31.2. The summed E-state index contributed by atoms with van der Waals surface area (Å²) in [6.07, 6.45) is 5.69. The number of esters is 1. The predicted molar refractivity (Wildman–Crippen MR) is 259 cm³/mol. The molecule has 14 N–H and O–H groups in total. The van der Waals surface area contributed by atoms with E-state index in [-0.39, 0.29) is 50.5 Å². The molecule has 0 saturated carbocycles. The van der Waals surface area contributed by atoms with Gasteiger partial charge in [0.15, 0.2) is 12.1 Å². The molecule has 398 valence electrons. The van der Waals surface area contributed by atoms with E-state index in [4.69, 9.17) is 24.7 Å². The molecule has 2 saturated heterocycles. The zero-order valence-corrected chi connectivity index (χ0v) is 40.9. The molecule has 2 fully saturated rings. The van der Waals surface area contributed by atoms with Crippen LogP contribution in [0.1, 0.15) is 91.9 Å². The highest BCUT2D eigenvalue weighted by molar-refractivity contribution is 5.80. The number of fused-ring (bicyclic) bond motifs is 2. The van der Waals surface area contributed by atoms with Crippen LogP contribution >= 0.6 is 0 Å². The number of hydrogen-bond acceptors (Lipinski definition) is 18. The largest absolute Gasteiger partial charge is 0.462 e. The van der Waals surface area contributed by atoms with Crippen molar-refractivity contribution in [2.45, 2.75) is 189 Å². The van der Waals surface area contributed by atoms with Gasteiger partial charge in [0.2, 0.25) is 5.91 Å². The van der Waals surface area contributed by atoms with Crippen molar-refractivity contribution in [3.05, 3.63) is 85.1 Å². The minimum Gasteiger partial charge on any atom is -0.462 e. The minimum absolute atomic E-state index is 0.0840. The first kappa shape index (κ1) is 60.8. The summed E-state index contributed by atoms with van der Waals surface area (Å²) in [5.41, 5.74) is 6.02. The van der Waals surface area contributed by atoms with Crippen LogP contribution in [0.4, 0.5) is 0 Å². The number of amides is 1. The minimum atomic E-state index is -2.30. The van der Waals surface area contributed by atoms with E-state index in [0.717, 1.165) is 0 Å². The lowest BCUT2D eigenvalue weighted by Gasteiger charge is -2.46. The van der Waals surface area contributed by atoms with Gasteiger partial charge in [0.05, 0.1) is 98.7 Å². The Hall–Kier alpha value is -3.48. The number of aliphatic hydroxyl groups excluding tert-OH is 10. The number of cyclic esters (lactones) is 1. The average molecular weight is 995 g/mol. The van der Waals surface area contributed by atoms with E-state index in [2.05, 4.69) is 5.32 Å². The van der Waals surface area contributed by atoms with Gasteiger partial charge in [-0.05, 0) is 38.5 Å². The Morgan fingerprint density at radius 1 is 0.743 bits per heavy atom. The van der Waals surface area contributed by atoms with Gasteiger partial charge in [-0.1, -0.05) is 106 Å². The van der Waals surface area contributed by atoms with Crippen LogP contribution in [0, 0.1) is 17.8 Å². The summed E-state index contributed by atoms with van der Waals surface area (Å²) in [5, 5.41) is 122. The fourth-order valence-corrected chi connectivity index (χ4v) is 8.56. The number of ether oxygens (including phenoxy) is 4. The van der Waals surface area contributed by atoms with Crippen LogP contribution in [0.15, 0.2) is 85.1 Å². The molecule has 0 aliphatic carbocycles. The second-order valence-electron chi connectivity index (χ2n) is 19.4. The number of carbonyl (C=O) groups is 2. The van der Waals surface area contributed by atoms with Gasteiger partial charge in [0.25, 0.3) is 0 Å². The van der Waals surface area contributed by atoms with E-state index < -0.39 is 147 Å². The van der Waals surface area contributed by atoms with Crippen LogP contribution in [-0.2, 0) is 28.5 Å². The summed E-state index contributed by atoms with van der Waals surface area (Å²) in [5.74, 6) is -5.26. The van der Waals surface area contributed by atoms with E-state index >= 15 is 0 Å². The number of nitrogens with one attached hydrogen (secondary N) is 1. The highest BCUT2D eigenvalue weighted by Gasteiger charge is 2.51. The van der Waals surface area contributed by atoms with Crippen LogP contribution in [0.3, 0.4) is 0 Å². The number of allylic oxidation sites excluding steroid dienone is 12. The Balaban J connectivity index is 1.93. The lowest BCUT2D eigenvalue weighted by molar-refractivity contribution is -0.304. The monoisotopic (exact) mass is 995 g/mol. The maximum absolute atomic E-state index is 14.0. The Morgan fingerprint density at radius 3 is 1.94 bits per heavy atom. The third-order valence-corrected chi connectivity index (χ3v) is 12.4. The summed E-state index contributed by atoms with van der Waals surface area (Å²) in [6, 6.07) is -1.81. The smallest absolute Gasteiger partial charge is 0.308 e. The van der Waals surface area contributed by atoms with Gasteiger partial charge in [0.1, 0.15) is 12.2 Å².